The van der Waals surface area contributed by atoms with Gasteiger partial charge in [-0.1, -0.05) is 43.2 Å². The second-order valence-corrected chi connectivity index (χ2v) is 8.00. The zero-order valence-corrected chi connectivity index (χ0v) is 15.8. The summed E-state index contributed by atoms with van der Waals surface area (Å²) in [5.41, 5.74) is 1.15. The molecule has 3 aliphatic rings. The molecule has 27 heavy (non-hydrogen) atoms. The van der Waals surface area contributed by atoms with E-state index in [9.17, 15) is 9.59 Å². The summed E-state index contributed by atoms with van der Waals surface area (Å²) in [5.74, 6) is 0.350. The number of Topliss-reactive ketones (excluding diaryl/α,β-unsaturated/α-hetero) is 1. The highest BCUT2D eigenvalue weighted by Gasteiger charge is 2.42. The average molecular weight is 371 g/mol. The number of carbonyl (C=O) groups is 2. The molecule has 6 heteroatoms. The molecule has 0 radical (unpaired) electrons. The summed E-state index contributed by atoms with van der Waals surface area (Å²) in [6, 6.07) is 10.3. The van der Waals surface area contributed by atoms with Crippen LogP contribution >= 0.6 is 0 Å². The third-order valence-corrected chi connectivity index (χ3v) is 6.18. The molecule has 1 unspecified atom stereocenters. The lowest BCUT2D eigenvalue weighted by molar-refractivity contribution is -0.182. The summed E-state index contributed by atoms with van der Waals surface area (Å²) < 4.78 is 0. The molecular formula is C21H29N3O3. The molecule has 2 saturated heterocycles. The van der Waals surface area contributed by atoms with Crippen molar-refractivity contribution in [2.24, 2.45) is 5.92 Å². The van der Waals surface area contributed by atoms with Crippen molar-refractivity contribution in [3.63, 3.8) is 0 Å². The first kappa shape index (κ1) is 18.6. The van der Waals surface area contributed by atoms with Gasteiger partial charge in [-0.05, 0) is 31.2 Å². The summed E-state index contributed by atoms with van der Waals surface area (Å²) in [4.78, 5) is 33.0. The predicted molar refractivity (Wildman–Crippen MR) is 101 cm³/mol. The minimum Gasteiger partial charge on any atom is -0.348 e. The van der Waals surface area contributed by atoms with Gasteiger partial charge in [0, 0.05) is 18.5 Å². The Morgan fingerprint density at radius 1 is 1.07 bits per heavy atom. The Morgan fingerprint density at radius 3 is 2.63 bits per heavy atom. The SMILES string of the molecule is O=C(CNC(=O)[C@@H]1CC[C@@H]2CN1CN2OCc1ccccc1)C1CCCC1. The first-order chi connectivity index (χ1) is 13.2. The van der Waals surface area contributed by atoms with Crippen molar-refractivity contribution in [2.75, 3.05) is 19.8 Å². The number of hydrogen-bond acceptors (Lipinski definition) is 5. The molecule has 1 amide bonds. The van der Waals surface area contributed by atoms with Crippen LogP contribution in [-0.4, -0.2) is 53.5 Å². The van der Waals surface area contributed by atoms with Crippen LogP contribution in [0.25, 0.3) is 0 Å². The van der Waals surface area contributed by atoms with Crippen LogP contribution in [0, 0.1) is 5.92 Å². The molecule has 1 saturated carbocycles. The number of hydrogen-bond donors (Lipinski definition) is 1. The van der Waals surface area contributed by atoms with Crippen LogP contribution in [0.3, 0.4) is 0 Å². The lowest BCUT2D eigenvalue weighted by Crippen LogP contribution is -2.49. The van der Waals surface area contributed by atoms with E-state index in [-0.39, 0.29) is 30.2 Å². The van der Waals surface area contributed by atoms with Crippen LogP contribution < -0.4 is 5.32 Å². The largest absolute Gasteiger partial charge is 0.348 e. The molecule has 1 aromatic rings. The minimum atomic E-state index is -0.150. The van der Waals surface area contributed by atoms with Gasteiger partial charge in [0.05, 0.1) is 25.9 Å². The van der Waals surface area contributed by atoms with E-state index in [1.165, 1.54) is 0 Å². The van der Waals surface area contributed by atoms with Gasteiger partial charge in [-0.2, -0.15) is 5.06 Å². The zero-order valence-electron chi connectivity index (χ0n) is 15.8. The predicted octanol–water partition coefficient (Wildman–Crippen LogP) is 2.10. The highest BCUT2D eigenvalue weighted by atomic mass is 16.7. The fourth-order valence-corrected chi connectivity index (χ4v) is 4.57. The normalized spacial score (nSPS) is 28.4. The minimum absolute atomic E-state index is 0.00953. The molecule has 2 aliphatic heterocycles. The first-order valence-electron chi connectivity index (χ1n) is 10.2. The van der Waals surface area contributed by atoms with Crippen LogP contribution in [0.2, 0.25) is 0 Å². The molecule has 0 spiro atoms. The van der Waals surface area contributed by atoms with Gasteiger partial charge in [0.1, 0.15) is 0 Å². The van der Waals surface area contributed by atoms with E-state index in [0.29, 0.717) is 19.3 Å². The van der Waals surface area contributed by atoms with E-state index in [1.54, 1.807) is 0 Å². The second kappa shape index (κ2) is 8.50. The number of fused-ring (bicyclic) bond motifs is 2. The summed E-state index contributed by atoms with van der Waals surface area (Å²) in [6.07, 6.45) is 6.01. The summed E-state index contributed by atoms with van der Waals surface area (Å²) >= 11 is 0. The van der Waals surface area contributed by atoms with Gasteiger partial charge < -0.3 is 5.32 Å². The zero-order chi connectivity index (χ0) is 18.6. The maximum absolute atomic E-state index is 12.6. The lowest BCUT2D eigenvalue weighted by atomic mass is 9.99. The highest BCUT2D eigenvalue weighted by molar-refractivity contribution is 5.89. The van der Waals surface area contributed by atoms with Gasteiger partial charge in [-0.15, -0.1) is 0 Å². The Hall–Kier alpha value is -1.76. The Kier molecular flexibility index (Phi) is 5.86. The standard InChI is InChI=1S/C21H29N3O3/c25-20(17-8-4-5-9-17)12-22-21(26)19-11-10-18-13-23(19)15-24(18)27-14-16-6-2-1-3-7-16/h1-3,6-7,17-19H,4-5,8-15H2,(H,22,26)/t18-,19+/m1/s1. The smallest absolute Gasteiger partial charge is 0.237 e. The molecule has 6 nitrogen and oxygen atoms in total. The number of ketones is 1. The van der Waals surface area contributed by atoms with Gasteiger partial charge >= 0.3 is 0 Å². The van der Waals surface area contributed by atoms with Crippen molar-refractivity contribution in [3.05, 3.63) is 35.9 Å². The third-order valence-electron chi connectivity index (χ3n) is 6.18. The summed E-state index contributed by atoms with van der Waals surface area (Å²) in [7, 11) is 0. The van der Waals surface area contributed by atoms with Gasteiger partial charge in [-0.25, -0.2) is 0 Å². The second-order valence-electron chi connectivity index (χ2n) is 8.00. The molecule has 1 N–H and O–H groups in total. The molecule has 4 rings (SSSR count). The van der Waals surface area contributed by atoms with Crippen molar-refractivity contribution in [1.82, 2.24) is 15.3 Å². The first-order valence-corrected chi connectivity index (χ1v) is 10.2. The Bertz CT molecular complexity index is 660. The third kappa shape index (κ3) is 4.39. The summed E-state index contributed by atoms with van der Waals surface area (Å²) in [5, 5.41) is 4.91. The molecule has 1 aliphatic carbocycles. The van der Waals surface area contributed by atoms with Crippen molar-refractivity contribution in [2.45, 2.75) is 57.2 Å². The maximum atomic E-state index is 12.6. The van der Waals surface area contributed by atoms with Crippen LogP contribution in [-0.2, 0) is 21.0 Å². The number of rotatable bonds is 7. The van der Waals surface area contributed by atoms with E-state index in [1.807, 2.05) is 23.3 Å². The van der Waals surface area contributed by atoms with E-state index >= 15 is 0 Å². The average Bonchev–Trinajstić information content (AvgIpc) is 3.34. The van der Waals surface area contributed by atoms with Crippen molar-refractivity contribution >= 4 is 11.7 Å². The van der Waals surface area contributed by atoms with Gasteiger partial charge in [0.15, 0.2) is 5.78 Å². The lowest BCUT2D eigenvalue weighted by Gasteiger charge is -2.29. The van der Waals surface area contributed by atoms with Crippen LogP contribution in [0.15, 0.2) is 30.3 Å². The van der Waals surface area contributed by atoms with E-state index in [2.05, 4.69) is 22.3 Å². The fourth-order valence-electron chi connectivity index (χ4n) is 4.57. The Morgan fingerprint density at radius 2 is 1.85 bits per heavy atom. The number of benzene rings is 1. The highest BCUT2D eigenvalue weighted by Crippen LogP contribution is 2.29. The van der Waals surface area contributed by atoms with Crippen LogP contribution in [0.4, 0.5) is 0 Å². The number of nitrogens with one attached hydrogen (secondary N) is 1. The monoisotopic (exact) mass is 371 g/mol. The number of piperidine rings is 1. The number of carbonyl (C=O) groups excluding carboxylic acids is 2. The van der Waals surface area contributed by atoms with E-state index in [4.69, 9.17) is 4.84 Å². The topological polar surface area (TPSA) is 61.9 Å². The fraction of sp³-hybridized carbons (Fsp3) is 0.619. The molecule has 146 valence electrons. The van der Waals surface area contributed by atoms with Crippen molar-refractivity contribution in [1.29, 1.82) is 0 Å². The number of nitrogens with zero attached hydrogens (tertiary/aromatic N) is 2. The van der Waals surface area contributed by atoms with E-state index < -0.39 is 0 Å². The van der Waals surface area contributed by atoms with Gasteiger partial charge in [0.25, 0.3) is 0 Å². The molecule has 1 aromatic carbocycles. The van der Waals surface area contributed by atoms with Crippen LogP contribution in [0.1, 0.15) is 44.1 Å². The molecular weight excluding hydrogens is 342 g/mol. The summed E-state index contributed by atoms with van der Waals surface area (Å²) in [6.45, 7) is 2.24. The quantitative estimate of drug-likeness (QED) is 0.795. The van der Waals surface area contributed by atoms with Gasteiger partial charge in [0.2, 0.25) is 5.91 Å². The molecule has 2 heterocycles. The Balaban J connectivity index is 1.25. The van der Waals surface area contributed by atoms with E-state index in [0.717, 1.165) is 50.6 Å². The number of hydroxylamine groups is 2. The number of amides is 1. The molecule has 0 aromatic heterocycles. The maximum Gasteiger partial charge on any atom is 0.237 e. The molecule has 2 bridgehead atoms. The van der Waals surface area contributed by atoms with Gasteiger partial charge in [-0.3, -0.25) is 19.3 Å². The van der Waals surface area contributed by atoms with Crippen molar-refractivity contribution in [3.8, 4) is 0 Å². The van der Waals surface area contributed by atoms with Crippen LogP contribution in [0.5, 0.6) is 0 Å². The van der Waals surface area contributed by atoms with Crippen molar-refractivity contribution < 1.29 is 14.4 Å². The molecule has 3 fully saturated rings. The molecule has 3 atom stereocenters. The Labute approximate surface area is 160 Å².